The Hall–Kier alpha value is -1.91. The molecule has 4 nitrogen and oxygen atoms in total. The van der Waals surface area contributed by atoms with E-state index in [0.717, 1.165) is 56.3 Å². The normalized spacial score (nSPS) is 19.8. The van der Waals surface area contributed by atoms with Gasteiger partial charge in [0.25, 0.3) is 0 Å². The zero-order valence-electron chi connectivity index (χ0n) is 23.6. The average molecular weight is 570 g/mol. The average Bonchev–Trinajstić information content (AvgIpc) is 3.21. The summed E-state index contributed by atoms with van der Waals surface area (Å²) in [5.74, 6) is 2.98. The van der Waals surface area contributed by atoms with E-state index in [4.69, 9.17) is 0 Å². The SMILES string of the molecule is C=C(CC1CCN(CCN(C2=CCC=CC=C2)C2CCNCC2)CC1)Nc1ccc([Se](=C)C)cc1.CC. The molecule has 2 saturated heterocycles. The molecule has 5 heteroatoms. The molecular weight excluding hydrogens is 519 g/mol. The molecule has 0 bridgehead atoms. The van der Waals surface area contributed by atoms with Crippen molar-refractivity contribution in [3.8, 4) is 0 Å². The van der Waals surface area contributed by atoms with Gasteiger partial charge in [-0.25, -0.2) is 0 Å². The fourth-order valence-electron chi connectivity index (χ4n) is 5.46. The maximum absolute atomic E-state index is 4.33. The maximum Gasteiger partial charge on any atom is -0.0683 e. The molecule has 2 fully saturated rings. The van der Waals surface area contributed by atoms with Crippen molar-refractivity contribution in [2.24, 2.45) is 5.92 Å². The number of rotatable bonds is 10. The van der Waals surface area contributed by atoms with E-state index in [-0.39, 0.29) is 0 Å². The van der Waals surface area contributed by atoms with Crippen LogP contribution in [0, 0.1) is 5.92 Å². The monoisotopic (exact) mass is 570 g/mol. The summed E-state index contributed by atoms with van der Waals surface area (Å²) in [7, 11) is 0. The van der Waals surface area contributed by atoms with E-state index >= 15 is 0 Å². The van der Waals surface area contributed by atoms with Crippen molar-refractivity contribution in [1.82, 2.24) is 15.1 Å². The van der Waals surface area contributed by atoms with E-state index in [2.05, 4.69) is 92.9 Å². The van der Waals surface area contributed by atoms with Gasteiger partial charge in [-0.2, -0.15) is 0 Å². The van der Waals surface area contributed by atoms with Crippen LogP contribution in [-0.2, 0) is 0 Å². The zero-order chi connectivity index (χ0) is 26.5. The third kappa shape index (κ3) is 9.72. The van der Waals surface area contributed by atoms with Gasteiger partial charge in [0.1, 0.15) is 0 Å². The van der Waals surface area contributed by atoms with Crippen LogP contribution in [0.5, 0.6) is 0 Å². The molecule has 3 aliphatic rings. The Morgan fingerprint density at radius 2 is 1.78 bits per heavy atom. The number of anilines is 1. The van der Waals surface area contributed by atoms with Gasteiger partial charge in [0.2, 0.25) is 0 Å². The van der Waals surface area contributed by atoms with Gasteiger partial charge in [0.15, 0.2) is 0 Å². The molecule has 1 aliphatic carbocycles. The quantitative estimate of drug-likeness (QED) is 0.363. The van der Waals surface area contributed by atoms with Crippen molar-refractivity contribution in [2.75, 3.05) is 44.6 Å². The first-order chi connectivity index (χ1) is 18.1. The number of piperidine rings is 2. The summed E-state index contributed by atoms with van der Waals surface area (Å²) in [5, 5.41) is 7.07. The smallest absolute Gasteiger partial charge is 0.0683 e. The molecule has 204 valence electrons. The molecule has 1 aromatic rings. The van der Waals surface area contributed by atoms with Gasteiger partial charge in [0, 0.05) is 18.3 Å². The summed E-state index contributed by atoms with van der Waals surface area (Å²) in [5.41, 5.74) is 7.94. The number of nitrogens with zero attached hydrogens (tertiary/aromatic N) is 2. The van der Waals surface area contributed by atoms with Crippen LogP contribution in [0.15, 0.2) is 72.6 Å². The molecule has 0 amide bonds. The molecule has 0 spiro atoms. The molecule has 1 aromatic carbocycles. The second kappa shape index (κ2) is 16.1. The van der Waals surface area contributed by atoms with Gasteiger partial charge in [-0.15, -0.1) is 0 Å². The molecule has 0 radical (unpaired) electrons. The van der Waals surface area contributed by atoms with Crippen LogP contribution in [0.3, 0.4) is 0 Å². The fraction of sp³-hybridized carbons (Fsp3) is 0.531. The molecule has 1 unspecified atom stereocenters. The van der Waals surface area contributed by atoms with E-state index in [1.165, 1.54) is 48.9 Å². The maximum atomic E-state index is 4.33. The predicted octanol–water partition coefficient (Wildman–Crippen LogP) is 5.54. The standard InChI is InChI=1S/C30H44N4Se.C2H6/c1-25(32-27-10-12-30(13-11-27)35(2)3)24-26-16-20-33(21-17-26)22-23-34(29-14-18-31-19-15-29)28-8-6-4-5-7-9-28;1-2/h4-6,8-13,26,29,31-32H,1-2,7,14-24H2,3H3;1-2H3. The molecule has 0 aromatic heterocycles. The largest absolute Gasteiger partial charge is 0.0683 e. The Kier molecular flexibility index (Phi) is 12.9. The van der Waals surface area contributed by atoms with Gasteiger partial charge in [-0.1, -0.05) is 38.2 Å². The summed E-state index contributed by atoms with van der Waals surface area (Å²) < 4.78 is 1.40. The van der Waals surface area contributed by atoms with Crippen LogP contribution in [-0.4, -0.2) is 74.0 Å². The Labute approximate surface area is 231 Å². The summed E-state index contributed by atoms with van der Waals surface area (Å²) in [6.07, 6.45) is 18.5. The van der Waals surface area contributed by atoms with Crippen LogP contribution in [0.4, 0.5) is 5.69 Å². The first-order valence-corrected chi connectivity index (χ1v) is 18.1. The predicted molar refractivity (Wildman–Crippen MR) is 166 cm³/mol. The number of hydrogen-bond acceptors (Lipinski definition) is 4. The van der Waals surface area contributed by atoms with E-state index in [1.54, 1.807) is 0 Å². The van der Waals surface area contributed by atoms with Gasteiger partial charge in [-0.05, 0) is 38.4 Å². The van der Waals surface area contributed by atoms with Crippen LogP contribution in [0.1, 0.15) is 52.4 Å². The molecule has 0 saturated carbocycles. The number of nitrogens with one attached hydrogen (secondary N) is 2. The summed E-state index contributed by atoms with van der Waals surface area (Å²) in [6.45, 7) is 15.3. The Bertz CT molecular complexity index is 932. The minimum atomic E-state index is -0.844. The molecular formula is C32H50N4Se. The minimum Gasteiger partial charge on any atom is -0.0683 e. The molecule has 37 heavy (non-hydrogen) atoms. The van der Waals surface area contributed by atoms with Crippen LogP contribution in [0.25, 0.3) is 0 Å². The summed E-state index contributed by atoms with van der Waals surface area (Å²) >= 11 is -0.844. The van der Waals surface area contributed by atoms with Crippen molar-refractivity contribution >= 4 is 29.0 Å². The van der Waals surface area contributed by atoms with E-state index < -0.39 is 13.5 Å². The van der Waals surface area contributed by atoms with E-state index in [9.17, 15) is 0 Å². The number of likely N-dealkylation sites (tertiary alicyclic amines) is 1. The Morgan fingerprint density at radius 1 is 1.08 bits per heavy atom. The zero-order valence-corrected chi connectivity index (χ0v) is 25.3. The number of allylic oxidation sites excluding steroid dienone is 6. The van der Waals surface area contributed by atoms with Gasteiger partial charge < -0.3 is 10.2 Å². The first kappa shape index (κ1) is 29.6. The molecule has 4 rings (SSSR count). The van der Waals surface area contributed by atoms with Crippen LogP contribution < -0.4 is 15.1 Å². The molecule has 2 aliphatic heterocycles. The molecule has 1 atom stereocenters. The summed E-state index contributed by atoms with van der Waals surface area (Å²) in [6, 6.07) is 9.45. The minimum absolute atomic E-state index is 0.658. The second-order valence-electron chi connectivity index (χ2n) is 10.2. The van der Waals surface area contributed by atoms with Gasteiger partial charge in [-0.3, -0.25) is 0 Å². The Morgan fingerprint density at radius 3 is 2.46 bits per heavy atom. The summed E-state index contributed by atoms with van der Waals surface area (Å²) in [4.78, 5) is 5.38. The van der Waals surface area contributed by atoms with Crippen LogP contribution >= 0.6 is 0 Å². The van der Waals surface area contributed by atoms with E-state index in [0.29, 0.717) is 6.04 Å². The van der Waals surface area contributed by atoms with E-state index in [1.807, 2.05) is 13.8 Å². The number of hydrogen-bond donors (Lipinski definition) is 2. The number of benzene rings is 1. The van der Waals surface area contributed by atoms with Crippen molar-refractivity contribution in [3.63, 3.8) is 0 Å². The van der Waals surface area contributed by atoms with Crippen molar-refractivity contribution < 1.29 is 0 Å². The van der Waals surface area contributed by atoms with Crippen molar-refractivity contribution in [2.45, 2.75) is 64.2 Å². The van der Waals surface area contributed by atoms with Gasteiger partial charge >= 0.3 is 126 Å². The van der Waals surface area contributed by atoms with Crippen molar-refractivity contribution in [3.05, 3.63) is 72.6 Å². The first-order valence-electron chi connectivity index (χ1n) is 14.3. The van der Waals surface area contributed by atoms with Gasteiger partial charge in [0.05, 0.1) is 0 Å². The molecule has 2 heterocycles. The third-order valence-corrected chi connectivity index (χ3v) is 9.79. The topological polar surface area (TPSA) is 30.5 Å². The fourth-order valence-corrected chi connectivity index (χ4v) is 6.72. The van der Waals surface area contributed by atoms with Crippen LogP contribution in [0.2, 0.25) is 5.82 Å². The molecule has 2 N–H and O–H groups in total. The third-order valence-electron chi connectivity index (χ3n) is 7.54. The van der Waals surface area contributed by atoms with Crippen molar-refractivity contribution in [1.29, 1.82) is 0 Å². The second-order valence-corrected chi connectivity index (χ2v) is 13.9. The Balaban J connectivity index is 0.00000186.